The number of rotatable bonds is 2. The van der Waals surface area contributed by atoms with Crippen LogP contribution in [0.5, 0.6) is 0 Å². The molecule has 0 bridgehead atoms. The first kappa shape index (κ1) is 13.9. The average molecular weight is 274 g/mol. The zero-order valence-corrected chi connectivity index (χ0v) is 12.6. The maximum Gasteiger partial charge on any atom is 0.0781 e. The fraction of sp³-hybridized carbons (Fsp3) is 0.647. The van der Waals surface area contributed by atoms with Gasteiger partial charge in [-0.05, 0) is 51.8 Å². The van der Waals surface area contributed by atoms with Gasteiger partial charge in [0.25, 0.3) is 0 Å². The van der Waals surface area contributed by atoms with E-state index < -0.39 is 6.10 Å². The summed E-state index contributed by atoms with van der Waals surface area (Å²) in [5, 5.41) is 9.97. The van der Waals surface area contributed by atoms with Crippen molar-refractivity contribution in [2.45, 2.75) is 38.3 Å². The smallest absolute Gasteiger partial charge is 0.0781 e. The van der Waals surface area contributed by atoms with Crippen molar-refractivity contribution in [2.75, 3.05) is 31.6 Å². The van der Waals surface area contributed by atoms with Crippen LogP contribution in [0.2, 0.25) is 0 Å². The molecule has 2 fully saturated rings. The first-order valence-electron chi connectivity index (χ1n) is 7.89. The predicted molar refractivity (Wildman–Crippen MR) is 83.0 cm³/mol. The lowest BCUT2D eigenvalue weighted by Gasteiger charge is -2.47. The molecule has 3 rings (SSSR count). The Kier molecular flexibility index (Phi) is 3.99. The van der Waals surface area contributed by atoms with Crippen LogP contribution >= 0.6 is 0 Å². The minimum absolute atomic E-state index is 0.391. The highest BCUT2D eigenvalue weighted by atomic mass is 16.3. The number of likely N-dealkylation sites (tertiary alicyclic amines) is 1. The molecule has 0 saturated carbocycles. The van der Waals surface area contributed by atoms with E-state index in [4.69, 9.17) is 0 Å². The third-order valence-corrected chi connectivity index (χ3v) is 5.07. The van der Waals surface area contributed by atoms with Gasteiger partial charge in [0.05, 0.1) is 6.10 Å². The van der Waals surface area contributed by atoms with E-state index in [9.17, 15) is 5.11 Å². The Labute approximate surface area is 122 Å². The number of piperidine rings is 2. The summed E-state index contributed by atoms with van der Waals surface area (Å²) < 4.78 is 0. The van der Waals surface area contributed by atoms with Gasteiger partial charge in [-0.15, -0.1) is 0 Å². The van der Waals surface area contributed by atoms with Crippen molar-refractivity contribution in [3.8, 4) is 0 Å². The number of fused-ring (bicyclic) bond motifs is 1. The Morgan fingerprint density at radius 3 is 2.80 bits per heavy atom. The van der Waals surface area contributed by atoms with Crippen molar-refractivity contribution >= 4 is 5.69 Å². The molecule has 1 aromatic rings. The van der Waals surface area contributed by atoms with E-state index in [1.165, 1.54) is 31.5 Å². The molecule has 0 amide bonds. The van der Waals surface area contributed by atoms with Crippen LogP contribution in [-0.2, 0) is 0 Å². The first-order valence-corrected chi connectivity index (χ1v) is 7.89. The number of benzene rings is 1. The topological polar surface area (TPSA) is 26.7 Å². The van der Waals surface area contributed by atoms with Crippen molar-refractivity contribution in [1.29, 1.82) is 0 Å². The molecule has 0 spiro atoms. The zero-order chi connectivity index (χ0) is 14.1. The maximum absolute atomic E-state index is 9.97. The van der Waals surface area contributed by atoms with E-state index in [1.54, 1.807) is 0 Å². The highest BCUT2D eigenvalue weighted by Crippen LogP contribution is 2.34. The van der Waals surface area contributed by atoms with Gasteiger partial charge >= 0.3 is 0 Å². The van der Waals surface area contributed by atoms with E-state index in [2.05, 4.69) is 35.0 Å². The predicted octanol–water partition coefficient (Wildman–Crippen LogP) is 2.66. The van der Waals surface area contributed by atoms with Gasteiger partial charge in [-0.25, -0.2) is 0 Å². The van der Waals surface area contributed by atoms with Gasteiger partial charge < -0.3 is 14.9 Å². The summed E-state index contributed by atoms with van der Waals surface area (Å²) in [5.74, 6) is 0.782. The molecule has 0 aliphatic carbocycles. The molecule has 2 aliphatic heterocycles. The molecule has 3 unspecified atom stereocenters. The highest BCUT2D eigenvalue weighted by molar-refractivity contribution is 5.55. The lowest BCUT2D eigenvalue weighted by atomic mass is 9.84. The first-order chi connectivity index (χ1) is 9.66. The van der Waals surface area contributed by atoms with Gasteiger partial charge in [-0.2, -0.15) is 0 Å². The minimum Gasteiger partial charge on any atom is -0.389 e. The number of anilines is 1. The summed E-state index contributed by atoms with van der Waals surface area (Å²) in [6.45, 7) is 5.36. The number of hydrogen-bond acceptors (Lipinski definition) is 3. The number of para-hydroxylation sites is 1. The largest absolute Gasteiger partial charge is 0.389 e. The zero-order valence-electron chi connectivity index (χ0n) is 12.6. The third-order valence-electron chi connectivity index (χ3n) is 5.07. The van der Waals surface area contributed by atoms with Crippen molar-refractivity contribution in [2.24, 2.45) is 5.92 Å². The molecule has 2 saturated heterocycles. The molecule has 0 aromatic heterocycles. The molecule has 1 aromatic carbocycles. The molecule has 0 radical (unpaired) electrons. The molecule has 2 aliphatic rings. The molecule has 2 heterocycles. The normalized spacial score (nSPS) is 29.1. The second-order valence-corrected chi connectivity index (χ2v) is 6.42. The minimum atomic E-state index is -0.391. The van der Waals surface area contributed by atoms with E-state index in [0.29, 0.717) is 0 Å². The SMILES string of the molecule is CC(O)c1ccccc1N1CCC2C(CCCN2C)C1. The van der Waals surface area contributed by atoms with Gasteiger partial charge in [-0.1, -0.05) is 18.2 Å². The molecule has 3 nitrogen and oxygen atoms in total. The number of aliphatic hydroxyl groups is 1. The number of hydrogen-bond donors (Lipinski definition) is 1. The van der Waals surface area contributed by atoms with Crippen LogP contribution in [0.1, 0.15) is 37.9 Å². The van der Waals surface area contributed by atoms with E-state index in [1.807, 2.05) is 13.0 Å². The number of nitrogens with zero attached hydrogens (tertiary/aromatic N) is 2. The van der Waals surface area contributed by atoms with Gasteiger partial charge in [0.1, 0.15) is 0 Å². The summed E-state index contributed by atoms with van der Waals surface area (Å²) in [5.41, 5.74) is 2.30. The molecule has 3 atom stereocenters. The van der Waals surface area contributed by atoms with E-state index in [0.717, 1.165) is 30.6 Å². The van der Waals surface area contributed by atoms with Crippen LogP contribution in [0.15, 0.2) is 24.3 Å². The van der Waals surface area contributed by atoms with E-state index in [-0.39, 0.29) is 0 Å². The molecule has 3 heteroatoms. The van der Waals surface area contributed by atoms with Crippen molar-refractivity contribution in [3.05, 3.63) is 29.8 Å². The monoisotopic (exact) mass is 274 g/mol. The summed E-state index contributed by atoms with van der Waals surface area (Å²) in [4.78, 5) is 5.04. The fourth-order valence-electron chi connectivity index (χ4n) is 4.00. The lowest BCUT2D eigenvalue weighted by molar-refractivity contribution is 0.102. The lowest BCUT2D eigenvalue weighted by Crippen LogP contribution is -2.52. The quantitative estimate of drug-likeness (QED) is 0.898. The van der Waals surface area contributed by atoms with Gasteiger partial charge in [0, 0.05) is 30.4 Å². The molecule has 1 N–H and O–H groups in total. The van der Waals surface area contributed by atoms with Gasteiger partial charge in [0.15, 0.2) is 0 Å². The van der Waals surface area contributed by atoms with Gasteiger partial charge in [-0.3, -0.25) is 0 Å². The van der Waals surface area contributed by atoms with Crippen molar-refractivity contribution < 1.29 is 5.11 Å². The highest BCUT2D eigenvalue weighted by Gasteiger charge is 2.34. The Morgan fingerprint density at radius 1 is 1.20 bits per heavy atom. The van der Waals surface area contributed by atoms with Crippen LogP contribution < -0.4 is 4.90 Å². The Hall–Kier alpha value is -1.06. The van der Waals surface area contributed by atoms with Crippen molar-refractivity contribution in [1.82, 2.24) is 4.90 Å². The molecular formula is C17H26N2O. The second-order valence-electron chi connectivity index (χ2n) is 6.42. The molecule has 110 valence electrons. The van der Waals surface area contributed by atoms with Crippen LogP contribution in [-0.4, -0.2) is 42.7 Å². The Bertz CT molecular complexity index is 460. The van der Waals surface area contributed by atoms with Crippen LogP contribution in [0.4, 0.5) is 5.69 Å². The van der Waals surface area contributed by atoms with Gasteiger partial charge in [0.2, 0.25) is 0 Å². The molecular weight excluding hydrogens is 248 g/mol. The molecule has 20 heavy (non-hydrogen) atoms. The summed E-state index contributed by atoms with van der Waals surface area (Å²) in [6, 6.07) is 9.08. The Balaban J connectivity index is 1.79. The average Bonchev–Trinajstić information content (AvgIpc) is 2.47. The summed E-state index contributed by atoms with van der Waals surface area (Å²) in [6.07, 6.45) is 3.53. The van der Waals surface area contributed by atoms with Crippen LogP contribution in [0.25, 0.3) is 0 Å². The second kappa shape index (κ2) is 5.74. The van der Waals surface area contributed by atoms with E-state index >= 15 is 0 Å². The van der Waals surface area contributed by atoms with Crippen molar-refractivity contribution in [3.63, 3.8) is 0 Å². The fourth-order valence-corrected chi connectivity index (χ4v) is 4.00. The standard InChI is InChI=1S/C17H26N2O/c1-13(20)15-7-3-4-8-17(15)19-11-9-16-14(12-19)6-5-10-18(16)2/h3-4,7-8,13-14,16,20H,5-6,9-12H2,1-2H3. The third kappa shape index (κ3) is 2.57. The van der Waals surface area contributed by atoms with Crippen LogP contribution in [0.3, 0.4) is 0 Å². The van der Waals surface area contributed by atoms with Crippen LogP contribution in [0, 0.1) is 5.92 Å². The summed E-state index contributed by atoms with van der Waals surface area (Å²) >= 11 is 0. The summed E-state index contributed by atoms with van der Waals surface area (Å²) in [7, 11) is 2.27. The maximum atomic E-state index is 9.97. The Morgan fingerprint density at radius 2 is 2.00 bits per heavy atom. The number of aliphatic hydroxyl groups excluding tert-OH is 1.